The number of carbonyl (C=O) groups excluding carboxylic acids is 3. The van der Waals surface area contributed by atoms with Gasteiger partial charge in [0.1, 0.15) is 18.1 Å². The van der Waals surface area contributed by atoms with Gasteiger partial charge in [0.05, 0.1) is 19.1 Å². The number of carboxylic acids is 2. The van der Waals surface area contributed by atoms with Gasteiger partial charge in [0.2, 0.25) is 17.7 Å². The molecule has 166 valence electrons. The molecule has 0 fully saturated rings. The van der Waals surface area contributed by atoms with E-state index in [1.54, 1.807) is 13.8 Å². The molecule has 0 bridgehead atoms. The molecule has 0 aromatic carbocycles. The van der Waals surface area contributed by atoms with Crippen molar-refractivity contribution in [1.29, 1.82) is 0 Å². The molecular weight excluding hydrogens is 408 g/mol. The number of nitrogens with two attached hydrogens (primary N) is 1. The zero-order chi connectivity index (χ0) is 22.7. The summed E-state index contributed by atoms with van der Waals surface area (Å²) in [4.78, 5) is 58.9. The Labute approximate surface area is 173 Å². The van der Waals surface area contributed by atoms with E-state index in [0.29, 0.717) is 6.42 Å². The largest absolute Gasteiger partial charge is 0.481 e. The fourth-order valence-corrected chi connectivity index (χ4v) is 2.31. The molecule has 3 amide bonds. The fourth-order valence-electron chi connectivity index (χ4n) is 2.15. The molecule has 0 saturated carbocycles. The van der Waals surface area contributed by atoms with E-state index in [9.17, 15) is 34.2 Å². The quantitative estimate of drug-likeness (QED) is 0.141. The minimum absolute atomic E-state index is 0.0260. The third kappa shape index (κ3) is 9.11. The van der Waals surface area contributed by atoms with Gasteiger partial charge in [-0.1, -0.05) is 20.3 Å². The van der Waals surface area contributed by atoms with E-state index in [-0.39, 0.29) is 5.75 Å². The Hall–Kier alpha value is -2.38. The van der Waals surface area contributed by atoms with E-state index in [1.165, 1.54) is 0 Å². The van der Waals surface area contributed by atoms with Gasteiger partial charge in [-0.3, -0.25) is 19.2 Å². The molecule has 0 aliphatic rings. The maximum atomic E-state index is 12.4. The third-order valence-corrected chi connectivity index (χ3v) is 4.53. The Morgan fingerprint density at radius 2 is 1.48 bits per heavy atom. The third-order valence-electron chi connectivity index (χ3n) is 4.14. The molecule has 0 aliphatic carbocycles. The van der Waals surface area contributed by atoms with Gasteiger partial charge >= 0.3 is 11.9 Å². The van der Waals surface area contributed by atoms with Crippen molar-refractivity contribution in [3.8, 4) is 0 Å². The van der Waals surface area contributed by atoms with Gasteiger partial charge in [-0.15, -0.1) is 0 Å². The second-order valence-corrected chi connectivity index (χ2v) is 6.77. The van der Waals surface area contributed by atoms with Gasteiger partial charge in [-0.05, 0) is 5.92 Å². The van der Waals surface area contributed by atoms with E-state index >= 15 is 0 Å². The van der Waals surface area contributed by atoms with Gasteiger partial charge in [0.15, 0.2) is 0 Å². The SMILES string of the molecule is CCC(C)C(NC(=O)C(CC(=O)O)NC(=O)C(CO)NC(=O)C(N)CS)C(=O)O. The molecule has 8 N–H and O–H groups in total. The first-order chi connectivity index (χ1) is 13.5. The highest BCUT2D eigenvalue weighted by molar-refractivity contribution is 7.80. The molecule has 29 heavy (non-hydrogen) atoms. The average Bonchev–Trinajstić information content (AvgIpc) is 2.66. The molecule has 0 aliphatic heterocycles. The maximum Gasteiger partial charge on any atom is 0.326 e. The maximum absolute atomic E-state index is 12.4. The van der Waals surface area contributed by atoms with Crippen LogP contribution in [0.4, 0.5) is 0 Å². The molecule has 5 unspecified atom stereocenters. The minimum atomic E-state index is -1.63. The fraction of sp³-hybridized carbons (Fsp3) is 0.688. The molecular formula is C16H28N4O8S. The van der Waals surface area contributed by atoms with Gasteiger partial charge in [0.25, 0.3) is 0 Å². The van der Waals surface area contributed by atoms with E-state index < -0.39 is 72.8 Å². The lowest BCUT2D eigenvalue weighted by Crippen LogP contribution is -2.59. The zero-order valence-corrected chi connectivity index (χ0v) is 17.0. The van der Waals surface area contributed by atoms with Crippen molar-refractivity contribution >= 4 is 42.3 Å². The predicted molar refractivity (Wildman–Crippen MR) is 104 cm³/mol. The molecule has 0 radical (unpaired) electrons. The van der Waals surface area contributed by atoms with Gasteiger partial charge in [-0.25, -0.2) is 4.79 Å². The van der Waals surface area contributed by atoms with Crippen LogP contribution >= 0.6 is 12.6 Å². The molecule has 12 nitrogen and oxygen atoms in total. The number of amides is 3. The van der Waals surface area contributed by atoms with Crippen LogP contribution in [0.2, 0.25) is 0 Å². The van der Waals surface area contributed by atoms with Crippen molar-refractivity contribution in [2.45, 2.75) is 50.9 Å². The molecule has 0 spiro atoms. The molecule has 0 aromatic rings. The van der Waals surface area contributed by atoms with E-state index in [0.717, 1.165) is 0 Å². The summed E-state index contributed by atoms with van der Waals surface area (Å²) in [5.74, 6) is -6.06. The van der Waals surface area contributed by atoms with Crippen molar-refractivity contribution in [2.75, 3.05) is 12.4 Å². The molecule has 0 heterocycles. The number of aliphatic hydroxyl groups is 1. The first kappa shape index (κ1) is 26.6. The van der Waals surface area contributed by atoms with E-state index in [4.69, 9.17) is 10.8 Å². The number of carboxylic acid groups (broad SMARTS) is 2. The van der Waals surface area contributed by atoms with Crippen LogP contribution in [0, 0.1) is 5.92 Å². The number of nitrogens with one attached hydrogen (secondary N) is 3. The van der Waals surface area contributed by atoms with Gasteiger partial charge in [-0.2, -0.15) is 12.6 Å². The van der Waals surface area contributed by atoms with Crippen molar-refractivity contribution in [2.24, 2.45) is 11.7 Å². The van der Waals surface area contributed by atoms with Crippen LogP contribution in [-0.4, -0.2) is 81.5 Å². The van der Waals surface area contributed by atoms with Crippen LogP contribution in [0.25, 0.3) is 0 Å². The van der Waals surface area contributed by atoms with Gasteiger partial charge < -0.3 is 37.0 Å². The predicted octanol–water partition coefficient (Wildman–Crippen LogP) is -2.70. The highest BCUT2D eigenvalue weighted by Gasteiger charge is 2.32. The minimum Gasteiger partial charge on any atom is -0.481 e. The first-order valence-corrected chi connectivity index (χ1v) is 9.44. The van der Waals surface area contributed by atoms with Gasteiger partial charge in [0, 0.05) is 5.75 Å². The second kappa shape index (κ2) is 13.0. The van der Waals surface area contributed by atoms with Crippen molar-refractivity contribution in [3.05, 3.63) is 0 Å². The summed E-state index contributed by atoms with van der Waals surface area (Å²) in [5, 5.41) is 34.0. The lowest BCUT2D eigenvalue weighted by molar-refractivity contribution is -0.144. The molecule has 5 atom stereocenters. The smallest absolute Gasteiger partial charge is 0.326 e. The Morgan fingerprint density at radius 1 is 0.966 bits per heavy atom. The van der Waals surface area contributed by atoms with Crippen molar-refractivity contribution in [3.63, 3.8) is 0 Å². The summed E-state index contributed by atoms with van der Waals surface area (Å²) < 4.78 is 0. The van der Waals surface area contributed by atoms with Crippen LogP contribution in [-0.2, 0) is 24.0 Å². The van der Waals surface area contributed by atoms with Crippen LogP contribution < -0.4 is 21.7 Å². The Kier molecular flexibility index (Phi) is 11.9. The summed E-state index contributed by atoms with van der Waals surface area (Å²) in [6.07, 6.45) is -0.413. The number of rotatable bonds is 13. The summed E-state index contributed by atoms with van der Waals surface area (Å²) in [5.41, 5.74) is 5.46. The summed E-state index contributed by atoms with van der Waals surface area (Å²) >= 11 is 3.84. The lowest BCUT2D eigenvalue weighted by atomic mass is 9.98. The summed E-state index contributed by atoms with van der Waals surface area (Å²) in [6, 6.07) is -5.47. The average molecular weight is 436 g/mol. The summed E-state index contributed by atoms with van der Waals surface area (Å²) in [7, 11) is 0. The first-order valence-electron chi connectivity index (χ1n) is 8.81. The number of aliphatic carboxylic acids is 2. The van der Waals surface area contributed by atoms with Crippen LogP contribution in [0.1, 0.15) is 26.7 Å². The highest BCUT2D eigenvalue weighted by Crippen LogP contribution is 2.09. The second-order valence-electron chi connectivity index (χ2n) is 6.40. The standard InChI is InChI=1S/C16H28N4O8S/c1-3-7(2)12(16(27)28)20-14(25)9(4-11(22)23)18-15(26)10(5-21)19-13(24)8(17)6-29/h7-10,12,21,29H,3-6,17H2,1-2H3,(H,18,26)(H,19,24)(H,20,25)(H,22,23)(H,27,28). The normalized spacial score (nSPS) is 15.9. The Balaban J connectivity index is 5.32. The molecule has 0 aromatic heterocycles. The Bertz CT molecular complexity index is 618. The van der Waals surface area contributed by atoms with Crippen LogP contribution in [0.3, 0.4) is 0 Å². The number of carbonyl (C=O) groups is 5. The zero-order valence-electron chi connectivity index (χ0n) is 16.1. The number of hydrogen-bond acceptors (Lipinski definition) is 8. The monoisotopic (exact) mass is 436 g/mol. The lowest BCUT2D eigenvalue weighted by Gasteiger charge is -2.25. The van der Waals surface area contributed by atoms with Crippen LogP contribution in [0.15, 0.2) is 0 Å². The number of hydrogen-bond donors (Lipinski definition) is 8. The molecule has 0 saturated heterocycles. The molecule has 13 heteroatoms. The van der Waals surface area contributed by atoms with Crippen LogP contribution in [0.5, 0.6) is 0 Å². The number of aliphatic hydroxyl groups excluding tert-OH is 1. The Morgan fingerprint density at radius 3 is 1.90 bits per heavy atom. The van der Waals surface area contributed by atoms with E-state index in [1.807, 2.05) is 0 Å². The summed E-state index contributed by atoms with van der Waals surface area (Å²) in [6.45, 7) is 2.46. The number of thiol groups is 1. The van der Waals surface area contributed by atoms with E-state index in [2.05, 4.69) is 28.6 Å². The topological polar surface area (TPSA) is 208 Å². The van der Waals surface area contributed by atoms with Crippen molar-refractivity contribution < 1.29 is 39.3 Å². The van der Waals surface area contributed by atoms with Crippen molar-refractivity contribution in [1.82, 2.24) is 16.0 Å². The highest BCUT2D eigenvalue weighted by atomic mass is 32.1. The molecule has 0 rings (SSSR count).